The Morgan fingerprint density at radius 1 is 1.17 bits per heavy atom. The Morgan fingerprint density at radius 2 is 1.90 bits per heavy atom. The number of rotatable bonds is 6. The van der Waals surface area contributed by atoms with Gasteiger partial charge in [0.2, 0.25) is 0 Å². The highest BCUT2D eigenvalue weighted by Crippen LogP contribution is 2.40. The number of fused-ring (bicyclic) bond motifs is 1. The number of benzene rings is 2. The van der Waals surface area contributed by atoms with Crippen LogP contribution in [0, 0.1) is 12.7 Å². The van der Waals surface area contributed by atoms with Gasteiger partial charge in [-0.3, -0.25) is 9.20 Å². The van der Waals surface area contributed by atoms with Gasteiger partial charge in [0.05, 0.1) is 37.7 Å². The Balaban J connectivity index is 2.03. The minimum Gasteiger partial charge on any atom is -0.497 e. The Labute approximate surface area is 176 Å². The van der Waals surface area contributed by atoms with Crippen molar-refractivity contribution in [1.29, 1.82) is 0 Å². The Morgan fingerprint density at radius 3 is 2.53 bits per heavy atom. The largest absolute Gasteiger partial charge is 0.497 e. The van der Waals surface area contributed by atoms with Crippen molar-refractivity contribution in [2.45, 2.75) is 13.3 Å². The number of halogens is 1. The molecule has 2 aromatic heterocycles. The maximum Gasteiger partial charge on any atom is 0.309 e. The van der Waals surface area contributed by atoms with Gasteiger partial charge in [-0.1, -0.05) is 0 Å². The highest BCUT2D eigenvalue weighted by atomic mass is 32.1. The third-order valence-corrected chi connectivity index (χ3v) is 5.80. The average Bonchev–Trinajstić information content (AvgIpc) is 3.23. The molecule has 4 aromatic rings. The van der Waals surface area contributed by atoms with Crippen molar-refractivity contribution >= 4 is 22.3 Å². The van der Waals surface area contributed by atoms with Crippen molar-refractivity contribution in [3.8, 4) is 34.0 Å². The average molecular weight is 426 g/mol. The van der Waals surface area contributed by atoms with Crippen LogP contribution in [0.25, 0.3) is 27.5 Å². The molecule has 0 saturated heterocycles. The lowest BCUT2D eigenvalue weighted by Gasteiger charge is -2.11. The number of methoxy groups -OCH3 is 2. The highest BCUT2D eigenvalue weighted by molar-refractivity contribution is 7.17. The van der Waals surface area contributed by atoms with Crippen LogP contribution in [0.1, 0.15) is 10.6 Å². The maximum atomic E-state index is 13.5. The number of hydrogen-bond acceptors (Lipinski definition) is 5. The standard InChI is InChI=1S/C22H19FN2O4S/c1-12-21(13-4-6-14(23)7-5-13)25-17(11-19(26)27)20(24-22(25)30-12)16-10-15(28-2)8-9-18(16)29-3/h4-10H,11H2,1-3H3,(H,26,27). The molecule has 0 aliphatic rings. The summed E-state index contributed by atoms with van der Waals surface area (Å²) in [5, 5.41) is 9.60. The van der Waals surface area contributed by atoms with Crippen molar-refractivity contribution in [2.75, 3.05) is 14.2 Å². The predicted molar refractivity (Wildman–Crippen MR) is 113 cm³/mol. The van der Waals surface area contributed by atoms with Crippen LogP contribution in [0.2, 0.25) is 0 Å². The molecule has 0 aliphatic heterocycles. The molecule has 0 atom stereocenters. The van der Waals surface area contributed by atoms with E-state index in [0.717, 1.165) is 16.1 Å². The fourth-order valence-corrected chi connectivity index (χ4v) is 4.54. The minimum atomic E-state index is -0.978. The number of thiazole rings is 1. The normalized spacial score (nSPS) is 11.1. The molecule has 0 aliphatic carbocycles. The number of imidazole rings is 1. The van der Waals surface area contributed by atoms with Gasteiger partial charge in [-0.25, -0.2) is 9.37 Å². The summed E-state index contributed by atoms with van der Waals surface area (Å²) in [5.41, 5.74) is 3.27. The SMILES string of the molecule is COc1ccc(OC)c(-c2nc3sc(C)c(-c4ccc(F)cc4)n3c2CC(=O)O)c1. The number of carboxylic acids is 1. The van der Waals surface area contributed by atoms with Crippen LogP contribution in [0.3, 0.4) is 0 Å². The van der Waals surface area contributed by atoms with Gasteiger partial charge in [0.25, 0.3) is 0 Å². The number of nitrogens with zero attached hydrogens (tertiary/aromatic N) is 2. The molecule has 30 heavy (non-hydrogen) atoms. The molecular weight excluding hydrogens is 407 g/mol. The van der Waals surface area contributed by atoms with Crippen molar-refractivity contribution in [1.82, 2.24) is 9.38 Å². The molecule has 1 N–H and O–H groups in total. The summed E-state index contributed by atoms with van der Waals surface area (Å²) in [6.07, 6.45) is -0.235. The minimum absolute atomic E-state index is 0.235. The Kier molecular flexibility index (Phi) is 5.17. The molecule has 6 nitrogen and oxygen atoms in total. The van der Waals surface area contributed by atoms with Crippen LogP contribution in [-0.2, 0) is 11.2 Å². The van der Waals surface area contributed by atoms with Gasteiger partial charge in [0.1, 0.15) is 17.3 Å². The summed E-state index contributed by atoms with van der Waals surface area (Å²) < 4.78 is 26.1. The number of ether oxygens (including phenoxy) is 2. The van der Waals surface area contributed by atoms with Crippen molar-refractivity contribution < 1.29 is 23.8 Å². The van der Waals surface area contributed by atoms with Gasteiger partial charge < -0.3 is 14.6 Å². The first-order valence-electron chi connectivity index (χ1n) is 9.13. The molecule has 2 heterocycles. The Bertz CT molecular complexity index is 1240. The molecule has 0 fully saturated rings. The second kappa shape index (κ2) is 7.79. The zero-order valence-electron chi connectivity index (χ0n) is 16.6. The van der Waals surface area contributed by atoms with Gasteiger partial charge in [0.15, 0.2) is 4.96 Å². The molecule has 0 radical (unpaired) electrons. The van der Waals surface area contributed by atoms with Crippen LogP contribution < -0.4 is 9.47 Å². The van der Waals surface area contributed by atoms with Crippen molar-refractivity contribution in [3.63, 3.8) is 0 Å². The van der Waals surface area contributed by atoms with Crippen LogP contribution >= 0.6 is 11.3 Å². The third kappa shape index (κ3) is 3.39. The molecule has 0 unspecified atom stereocenters. The number of aryl methyl sites for hydroxylation is 1. The van der Waals surface area contributed by atoms with E-state index in [1.807, 2.05) is 11.3 Å². The maximum absolute atomic E-state index is 13.5. The molecule has 4 rings (SSSR count). The number of hydrogen-bond donors (Lipinski definition) is 1. The lowest BCUT2D eigenvalue weighted by molar-refractivity contribution is -0.136. The molecule has 154 valence electrons. The fourth-order valence-electron chi connectivity index (χ4n) is 3.53. The predicted octanol–water partition coefficient (Wildman–Crippen LogP) is 4.82. The summed E-state index contributed by atoms with van der Waals surface area (Å²) >= 11 is 1.45. The zero-order valence-corrected chi connectivity index (χ0v) is 17.4. The van der Waals surface area contributed by atoms with Crippen molar-refractivity contribution in [2.24, 2.45) is 0 Å². The fraction of sp³-hybridized carbons (Fsp3) is 0.182. The summed E-state index contributed by atoms with van der Waals surface area (Å²) in [6.45, 7) is 1.94. The summed E-state index contributed by atoms with van der Waals surface area (Å²) in [5.74, 6) is -0.137. The highest BCUT2D eigenvalue weighted by Gasteiger charge is 2.24. The van der Waals surface area contributed by atoms with Gasteiger partial charge in [-0.05, 0) is 55.0 Å². The summed E-state index contributed by atoms with van der Waals surface area (Å²) in [7, 11) is 3.11. The second-order valence-electron chi connectivity index (χ2n) is 6.68. The first kappa shape index (κ1) is 19.9. The van der Waals surface area contributed by atoms with Gasteiger partial charge in [0, 0.05) is 10.4 Å². The molecule has 0 spiro atoms. The molecule has 0 amide bonds. The van der Waals surface area contributed by atoms with Crippen LogP contribution in [0.4, 0.5) is 4.39 Å². The Hall–Kier alpha value is -3.39. The third-order valence-electron chi connectivity index (χ3n) is 4.84. The first-order valence-corrected chi connectivity index (χ1v) is 9.95. The van der Waals surface area contributed by atoms with Gasteiger partial charge in [-0.15, -0.1) is 11.3 Å². The summed E-state index contributed by atoms with van der Waals surface area (Å²) in [4.78, 5) is 18.1. The number of aliphatic carboxylic acids is 1. The van der Waals surface area contributed by atoms with Gasteiger partial charge >= 0.3 is 5.97 Å². The van der Waals surface area contributed by atoms with Crippen LogP contribution in [0.5, 0.6) is 11.5 Å². The van der Waals surface area contributed by atoms with E-state index in [0.29, 0.717) is 33.4 Å². The van der Waals surface area contributed by atoms with E-state index >= 15 is 0 Å². The van der Waals surface area contributed by atoms with E-state index in [4.69, 9.17) is 14.5 Å². The number of aromatic nitrogens is 2. The molecule has 8 heteroatoms. The van der Waals surface area contributed by atoms with E-state index in [1.54, 1.807) is 44.6 Å². The smallest absolute Gasteiger partial charge is 0.309 e. The van der Waals surface area contributed by atoms with Gasteiger partial charge in [-0.2, -0.15) is 0 Å². The second-order valence-corrected chi connectivity index (χ2v) is 7.86. The molecule has 0 bridgehead atoms. The summed E-state index contributed by atoms with van der Waals surface area (Å²) in [6, 6.07) is 11.4. The quantitative estimate of drug-likeness (QED) is 0.478. The van der Waals surface area contributed by atoms with Crippen LogP contribution in [-0.4, -0.2) is 34.7 Å². The monoisotopic (exact) mass is 426 g/mol. The lowest BCUT2D eigenvalue weighted by Crippen LogP contribution is -2.06. The van der Waals surface area contributed by atoms with E-state index < -0.39 is 5.97 Å². The first-order chi connectivity index (χ1) is 14.4. The number of carboxylic acid groups (broad SMARTS) is 1. The van der Waals surface area contributed by atoms with Crippen LogP contribution in [0.15, 0.2) is 42.5 Å². The van der Waals surface area contributed by atoms with E-state index in [-0.39, 0.29) is 12.2 Å². The van der Waals surface area contributed by atoms with E-state index in [1.165, 1.54) is 23.5 Å². The zero-order chi connectivity index (χ0) is 21.4. The van der Waals surface area contributed by atoms with E-state index in [9.17, 15) is 14.3 Å². The molecular formula is C22H19FN2O4S. The topological polar surface area (TPSA) is 73.1 Å². The molecule has 2 aromatic carbocycles. The lowest BCUT2D eigenvalue weighted by atomic mass is 10.1. The molecule has 0 saturated carbocycles. The van der Waals surface area contributed by atoms with Crippen molar-refractivity contribution in [3.05, 3.63) is 58.9 Å². The number of carbonyl (C=O) groups is 1. The van der Waals surface area contributed by atoms with E-state index in [2.05, 4.69) is 0 Å².